The van der Waals surface area contributed by atoms with E-state index >= 15 is 0 Å². The summed E-state index contributed by atoms with van der Waals surface area (Å²) in [7, 11) is 6.14. The van der Waals surface area contributed by atoms with Crippen LogP contribution >= 0.6 is 0 Å². The molecular formula is C40H65N5O9. The predicted molar refractivity (Wildman–Crippen MR) is 206 cm³/mol. The lowest BCUT2D eigenvalue weighted by Gasteiger charge is -2.36. The number of carbonyl (C=O) groups excluding carboxylic acids is 5. The number of hydrogen-bond donors (Lipinski definition) is 5. The normalized spacial score (nSPS) is 19.1. The molecule has 1 saturated carbocycles. The molecule has 0 bridgehead atoms. The van der Waals surface area contributed by atoms with Crippen LogP contribution in [-0.4, -0.2) is 118 Å². The molecule has 5 N–H and O–H groups in total. The summed E-state index contributed by atoms with van der Waals surface area (Å²) in [5.41, 5.74) is 1.53. The summed E-state index contributed by atoms with van der Waals surface area (Å²) < 4.78 is 15.8. The monoisotopic (exact) mass is 759 g/mol. The number of nitrogens with zero attached hydrogens (tertiary/aromatic N) is 1. The van der Waals surface area contributed by atoms with Gasteiger partial charge in [0.2, 0.25) is 17.7 Å². The lowest BCUT2D eigenvalue weighted by molar-refractivity contribution is -0.163. The fraction of sp³-hybridized carbons (Fsp3) is 0.675. The van der Waals surface area contributed by atoms with E-state index < -0.39 is 30.1 Å². The maximum Gasteiger partial charge on any atom is 0.306 e. The van der Waals surface area contributed by atoms with Gasteiger partial charge in [0.1, 0.15) is 12.1 Å². The largest absolute Gasteiger partial charge is 0.469 e. The third-order valence-electron chi connectivity index (χ3n) is 9.85. The fourth-order valence-corrected chi connectivity index (χ4v) is 6.73. The summed E-state index contributed by atoms with van der Waals surface area (Å²) >= 11 is 0. The number of carbonyl (C=O) groups is 5. The number of aliphatic hydroxyl groups excluding tert-OH is 1. The summed E-state index contributed by atoms with van der Waals surface area (Å²) in [6.07, 6.45) is 2.84. The highest BCUT2D eigenvalue weighted by atomic mass is 16.6. The first-order chi connectivity index (χ1) is 25.7. The van der Waals surface area contributed by atoms with Crippen molar-refractivity contribution in [3.8, 4) is 0 Å². The summed E-state index contributed by atoms with van der Waals surface area (Å²) in [5.74, 6) is -1.33. The molecule has 0 unspecified atom stereocenters. The predicted octanol–water partition coefficient (Wildman–Crippen LogP) is 2.48. The topological polar surface area (TPSA) is 185 Å². The Kier molecular flexibility index (Phi) is 20.9. The van der Waals surface area contributed by atoms with E-state index in [9.17, 15) is 29.1 Å². The number of nitrogens with one attached hydrogen (secondary N) is 4. The molecule has 7 atom stereocenters. The molecule has 0 saturated heterocycles. The first kappa shape index (κ1) is 46.1. The highest BCUT2D eigenvalue weighted by Crippen LogP contribution is 2.34. The number of rotatable bonds is 24. The molecule has 0 radical (unpaired) electrons. The first-order valence-corrected chi connectivity index (χ1v) is 19.1. The molecule has 2 rings (SSSR count). The van der Waals surface area contributed by atoms with Crippen molar-refractivity contribution >= 4 is 29.7 Å². The van der Waals surface area contributed by atoms with Crippen LogP contribution in [-0.2, 0) is 44.6 Å². The van der Waals surface area contributed by atoms with Gasteiger partial charge in [-0.1, -0.05) is 57.7 Å². The zero-order valence-corrected chi connectivity index (χ0v) is 33.4. The molecule has 1 aromatic carbocycles. The number of amides is 3. The van der Waals surface area contributed by atoms with Crippen LogP contribution in [0.3, 0.4) is 0 Å². The number of hydrogen-bond acceptors (Lipinski definition) is 11. The Labute approximate surface area is 321 Å². The minimum absolute atomic E-state index is 0.0205. The molecular weight excluding hydrogens is 694 g/mol. The van der Waals surface area contributed by atoms with Crippen LogP contribution in [0, 0.1) is 17.8 Å². The second-order valence-electron chi connectivity index (χ2n) is 14.8. The van der Waals surface area contributed by atoms with Crippen molar-refractivity contribution < 1.29 is 43.3 Å². The molecule has 1 aliphatic carbocycles. The molecule has 14 heteroatoms. The molecule has 3 amide bonds. The van der Waals surface area contributed by atoms with Crippen molar-refractivity contribution in [2.45, 2.75) is 109 Å². The van der Waals surface area contributed by atoms with E-state index in [4.69, 9.17) is 9.47 Å². The Balaban J connectivity index is 1.77. The molecule has 1 aromatic rings. The van der Waals surface area contributed by atoms with Crippen molar-refractivity contribution in [2.75, 3.05) is 47.9 Å². The number of methoxy groups -OCH3 is 2. The molecule has 304 valence electrons. The van der Waals surface area contributed by atoms with Gasteiger partial charge in [-0.15, -0.1) is 0 Å². The maximum atomic E-state index is 13.5. The summed E-state index contributed by atoms with van der Waals surface area (Å²) in [5, 5.41) is 22.8. The van der Waals surface area contributed by atoms with Crippen LogP contribution in [0.5, 0.6) is 0 Å². The standard InChI is InChI=1S/C40H65N5O9/c1-26(2)20-31(41-5)39(50)44-32(23-29-12-10-9-11-13-29)40(51)45(6)25-36(47)43-19-18-42-28(4)22-33(46)27(3)21-30-14-15-34(35(24-30)52-7)54-38(49)17-16-37(48)53-8/h9-13,26-27,30-35,41-42,46H,4,14-25H2,1-3,5-8H3,(H,43,47)(H,44,50)/t27-,30+,31+,32+,33+,34-,35-/m1/s1. The smallest absolute Gasteiger partial charge is 0.306 e. The van der Waals surface area contributed by atoms with Crippen LogP contribution in [0.25, 0.3) is 0 Å². The first-order valence-electron chi connectivity index (χ1n) is 19.1. The Morgan fingerprint density at radius 2 is 1.61 bits per heavy atom. The SMILES string of the molecule is C=C(C[C@H](O)[C@H](C)C[C@@H]1CC[C@@H](OC(=O)CCC(=O)OC)[C@H](OC)C1)NCCNC(=O)CN(C)C(=O)[C@H](Cc1ccccc1)NC(=O)[C@H](CC(C)C)NC. The molecule has 0 heterocycles. The van der Waals surface area contributed by atoms with Gasteiger partial charge < -0.3 is 45.5 Å². The van der Waals surface area contributed by atoms with Crippen LogP contribution < -0.4 is 21.3 Å². The van der Waals surface area contributed by atoms with Gasteiger partial charge in [0.15, 0.2) is 0 Å². The quantitative estimate of drug-likeness (QED) is 0.0771. The third kappa shape index (κ3) is 17.0. The van der Waals surface area contributed by atoms with E-state index in [0.717, 1.165) is 18.4 Å². The fourth-order valence-electron chi connectivity index (χ4n) is 6.73. The third-order valence-corrected chi connectivity index (χ3v) is 9.85. The number of ether oxygens (including phenoxy) is 3. The van der Waals surface area contributed by atoms with E-state index in [2.05, 4.69) is 32.6 Å². The molecule has 0 aromatic heterocycles. The second kappa shape index (κ2) is 24.4. The zero-order chi connectivity index (χ0) is 40.2. The molecule has 1 aliphatic rings. The summed E-state index contributed by atoms with van der Waals surface area (Å²) in [6, 6.07) is 8.14. The second-order valence-corrected chi connectivity index (χ2v) is 14.8. The van der Waals surface area contributed by atoms with Gasteiger partial charge >= 0.3 is 11.9 Å². The average Bonchev–Trinajstić information content (AvgIpc) is 3.14. The van der Waals surface area contributed by atoms with Gasteiger partial charge in [-0.2, -0.15) is 0 Å². The lowest BCUT2D eigenvalue weighted by Crippen LogP contribution is -2.54. The van der Waals surface area contributed by atoms with E-state index in [1.54, 1.807) is 21.2 Å². The van der Waals surface area contributed by atoms with E-state index in [1.807, 2.05) is 51.1 Å². The van der Waals surface area contributed by atoms with Crippen LogP contribution in [0.1, 0.15) is 77.7 Å². The van der Waals surface area contributed by atoms with Gasteiger partial charge in [-0.3, -0.25) is 24.0 Å². The maximum absolute atomic E-state index is 13.5. The van der Waals surface area contributed by atoms with Gasteiger partial charge in [0.05, 0.1) is 44.7 Å². The van der Waals surface area contributed by atoms with Crippen molar-refractivity contribution in [3.05, 3.63) is 48.2 Å². The molecule has 0 aliphatic heterocycles. The van der Waals surface area contributed by atoms with E-state index in [1.165, 1.54) is 12.0 Å². The van der Waals surface area contributed by atoms with Crippen LogP contribution in [0.15, 0.2) is 42.6 Å². The van der Waals surface area contributed by atoms with Crippen molar-refractivity contribution in [1.29, 1.82) is 0 Å². The van der Waals surface area contributed by atoms with Crippen molar-refractivity contribution in [1.82, 2.24) is 26.2 Å². The number of esters is 2. The molecule has 54 heavy (non-hydrogen) atoms. The van der Waals surface area contributed by atoms with Crippen LogP contribution in [0.2, 0.25) is 0 Å². The van der Waals surface area contributed by atoms with E-state index in [-0.39, 0.29) is 73.6 Å². The van der Waals surface area contributed by atoms with E-state index in [0.29, 0.717) is 44.3 Å². The highest BCUT2D eigenvalue weighted by Gasteiger charge is 2.35. The van der Waals surface area contributed by atoms with Crippen molar-refractivity contribution in [2.24, 2.45) is 17.8 Å². The molecule has 14 nitrogen and oxygen atoms in total. The minimum atomic E-state index is -0.842. The highest BCUT2D eigenvalue weighted by molar-refractivity contribution is 5.92. The molecule has 1 fully saturated rings. The van der Waals surface area contributed by atoms with Gasteiger partial charge in [-0.25, -0.2) is 0 Å². The Morgan fingerprint density at radius 1 is 0.944 bits per heavy atom. The van der Waals surface area contributed by atoms with Crippen LogP contribution in [0.4, 0.5) is 0 Å². The number of aliphatic hydroxyl groups is 1. The Hall–Kier alpha value is -4.01. The summed E-state index contributed by atoms with van der Waals surface area (Å²) in [6.45, 7) is 10.6. The van der Waals surface area contributed by atoms with Gasteiger partial charge in [-0.05, 0) is 62.5 Å². The Morgan fingerprint density at radius 3 is 2.24 bits per heavy atom. The van der Waals surface area contributed by atoms with Gasteiger partial charge in [0.25, 0.3) is 0 Å². The zero-order valence-electron chi connectivity index (χ0n) is 33.4. The van der Waals surface area contributed by atoms with Gasteiger partial charge in [0, 0.05) is 45.8 Å². The minimum Gasteiger partial charge on any atom is -0.469 e. The van der Waals surface area contributed by atoms with Crippen molar-refractivity contribution in [3.63, 3.8) is 0 Å². The number of likely N-dealkylation sites (N-methyl/N-ethyl adjacent to an activating group) is 2. The lowest BCUT2D eigenvalue weighted by atomic mass is 9.78. The number of benzene rings is 1. The molecule has 0 spiro atoms. The average molecular weight is 760 g/mol. The summed E-state index contributed by atoms with van der Waals surface area (Å²) in [4.78, 5) is 64.3. The Bertz CT molecular complexity index is 1340.